The second-order valence-corrected chi connectivity index (χ2v) is 5.40. The van der Waals surface area contributed by atoms with E-state index in [0.717, 1.165) is 22.3 Å². The molecule has 16 heavy (non-hydrogen) atoms. The maximum atomic E-state index is 9.73. The predicted octanol–water partition coefficient (Wildman–Crippen LogP) is 2.97. The van der Waals surface area contributed by atoms with E-state index >= 15 is 0 Å². The largest absolute Gasteiger partial charge is 0.391 e. The number of hydrogen-bond donors (Lipinski definition) is 2. The molecule has 0 fully saturated rings. The van der Waals surface area contributed by atoms with Crippen LogP contribution in [0, 0.1) is 12.8 Å². The zero-order chi connectivity index (χ0) is 12.1. The number of aryl methyl sites for hydroxylation is 1. The molecule has 0 amide bonds. The van der Waals surface area contributed by atoms with Crippen molar-refractivity contribution in [2.75, 3.05) is 11.9 Å². The maximum Gasteiger partial charge on any atom is 0.129 e. The monoisotopic (exact) mass is 286 g/mol. The molecular formula is C12H19BrN2O. The summed E-state index contributed by atoms with van der Waals surface area (Å²) in [5.41, 5.74) is 1.08. The standard InChI is InChI=1S/C12H19BrN2O/c1-8(2)4-11(16)7-15-12-9(3)5-10(13)6-14-12/h5-6,8,11,16H,4,7H2,1-3H3,(H,14,15). The molecule has 1 rings (SSSR count). The highest BCUT2D eigenvalue weighted by Crippen LogP contribution is 2.17. The third-order valence-electron chi connectivity index (χ3n) is 2.29. The Balaban J connectivity index is 2.48. The summed E-state index contributed by atoms with van der Waals surface area (Å²) in [7, 11) is 0. The number of nitrogens with one attached hydrogen (secondary N) is 1. The molecule has 3 nitrogen and oxygen atoms in total. The van der Waals surface area contributed by atoms with Crippen molar-refractivity contribution in [2.24, 2.45) is 5.92 Å². The van der Waals surface area contributed by atoms with Gasteiger partial charge in [0.25, 0.3) is 0 Å². The fourth-order valence-corrected chi connectivity index (χ4v) is 2.01. The minimum Gasteiger partial charge on any atom is -0.391 e. The topological polar surface area (TPSA) is 45.2 Å². The number of aliphatic hydroxyl groups is 1. The van der Waals surface area contributed by atoms with Gasteiger partial charge in [-0.05, 0) is 46.8 Å². The Labute approximate surface area is 105 Å². The van der Waals surface area contributed by atoms with Gasteiger partial charge in [-0.3, -0.25) is 0 Å². The lowest BCUT2D eigenvalue weighted by Gasteiger charge is -2.15. The van der Waals surface area contributed by atoms with Gasteiger partial charge in [0.2, 0.25) is 0 Å². The van der Waals surface area contributed by atoms with Crippen molar-refractivity contribution in [1.82, 2.24) is 4.98 Å². The lowest BCUT2D eigenvalue weighted by molar-refractivity contribution is 0.161. The first kappa shape index (κ1) is 13.5. The van der Waals surface area contributed by atoms with Gasteiger partial charge in [0.05, 0.1) is 6.10 Å². The molecule has 0 radical (unpaired) electrons. The first-order valence-corrected chi connectivity index (χ1v) is 6.32. The van der Waals surface area contributed by atoms with E-state index in [0.29, 0.717) is 12.5 Å². The van der Waals surface area contributed by atoms with Crippen molar-refractivity contribution >= 4 is 21.7 Å². The Morgan fingerprint density at radius 2 is 2.19 bits per heavy atom. The molecule has 1 unspecified atom stereocenters. The molecule has 1 aromatic rings. The number of anilines is 1. The quantitative estimate of drug-likeness (QED) is 0.875. The Bertz CT molecular complexity index is 342. The van der Waals surface area contributed by atoms with E-state index in [1.807, 2.05) is 13.0 Å². The highest BCUT2D eigenvalue weighted by molar-refractivity contribution is 9.10. The molecule has 0 spiro atoms. The Morgan fingerprint density at radius 1 is 1.50 bits per heavy atom. The number of aliphatic hydroxyl groups excluding tert-OH is 1. The number of halogens is 1. The van der Waals surface area contributed by atoms with Gasteiger partial charge in [-0.15, -0.1) is 0 Å². The van der Waals surface area contributed by atoms with E-state index in [4.69, 9.17) is 0 Å². The van der Waals surface area contributed by atoms with Crippen LogP contribution in [0.15, 0.2) is 16.7 Å². The van der Waals surface area contributed by atoms with Gasteiger partial charge in [0.15, 0.2) is 0 Å². The van der Waals surface area contributed by atoms with E-state index in [9.17, 15) is 5.11 Å². The molecule has 0 aromatic carbocycles. The number of pyridine rings is 1. The summed E-state index contributed by atoms with van der Waals surface area (Å²) in [6.07, 6.45) is 2.25. The van der Waals surface area contributed by atoms with E-state index in [1.54, 1.807) is 6.20 Å². The molecule has 1 aromatic heterocycles. The molecule has 2 N–H and O–H groups in total. The van der Waals surface area contributed by atoms with E-state index in [-0.39, 0.29) is 6.10 Å². The predicted molar refractivity (Wildman–Crippen MR) is 70.6 cm³/mol. The number of rotatable bonds is 5. The molecular weight excluding hydrogens is 268 g/mol. The average molecular weight is 287 g/mol. The first-order chi connectivity index (χ1) is 7.49. The highest BCUT2D eigenvalue weighted by atomic mass is 79.9. The molecule has 0 aliphatic heterocycles. The van der Waals surface area contributed by atoms with Crippen LogP contribution in [-0.2, 0) is 0 Å². The maximum absolute atomic E-state index is 9.73. The molecule has 1 atom stereocenters. The van der Waals surface area contributed by atoms with Crippen molar-refractivity contribution in [1.29, 1.82) is 0 Å². The van der Waals surface area contributed by atoms with Crippen LogP contribution in [0.4, 0.5) is 5.82 Å². The second kappa shape index (κ2) is 6.21. The van der Waals surface area contributed by atoms with Crippen molar-refractivity contribution in [2.45, 2.75) is 33.3 Å². The normalized spacial score (nSPS) is 12.9. The second-order valence-electron chi connectivity index (χ2n) is 4.48. The van der Waals surface area contributed by atoms with Crippen LogP contribution in [-0.4, -0.2) is 22.7 Å². The van der Waals surface area contributed by atoms with Crippen molar-refractivity contribution < 1.29 is 5.11 Å². The van der Waals surface area contributed by atoms with Crippen LogP contribution in [0.3, 0.4) is 0 Å². The number of hydrogen-bond acceptors (Lipinski definition) is 3. The lowest BCUT2D eigenvalue weighted by atomic mass is 10.1. The zero-order valence-electron chi connectivity index (χ0n) is 10.00. The summed E-state index contributed by atoms with van der Waals surface area (Å²) in [6, 6.07) is 2.00. The molecule has 1 heterocycles. The lowest BCUT2D eigenvalue weighted by Crippen LogP contribution is -2.22. The molecule has 0 bridgehead atoms. The summed E-state index contributed by atoms with van der Waals surface area (Å²) in [4.78, 5) is 4.26. The smallest absolute Gasteiger partial charge is 0.129 e. The number of aromatic nitrogens is 1. The number of nitrogens with zero attached hydrogens (tertiary/aromatic N) is 1. The third-order valence-corrected chi connectivity index (χ3v) is 2.73. The van der Waals surface area contributed by atoms with Crippen LogP contribution in [0.1, 0.15) is 25.8 Å². The van der Waals surface area contributed by atoms with Gasteiger partial charge in [-0.25, -0.2) is 4.98 Å². The van der Waals surface area contributed by atoms with Crippen molar-refractivity contribution in [3.63, 3.8) is 0 Å². The van der Waals surface area contributed by atoms with Crippen molar-refractivity contribution in [3.8, 4) is 0 Å². The average Bonchev–Trinajstić information content (AvgIpc) is 2.15. The summed E-state index contributed by atoms with van der Waals surface area (Å²) in [6.45, 7) is 6.75. The van der Waals surface area contributed by atoms with Gasteiger partial charge < -0.3 is 10.4 Å². The van der Waals surface area contributed by atoms with Gasteiger partial charge in [-0.2, -0.15) is 0 Å². The van der Waals surface area contributed by atoms with Crippen LogP contribution in [0.25, 0.3) is 0 Å². The van der Waals surface area contributed by atoms with Crippen molar-refractivity contribution in [3.05, 3.63) is 22.3 Å². The third kappa shape index (κ3) is 4.49. The molecule has 0 saturated carbocycles. The van der Waals surface area contributed by atoms with Gasteiger partial charge >= 0.3 is 0 Å². The van der Waals surface area contributed by atoms with E-state index < -0.39 is 0 Å². The van der Waals surface area contributed by atoms with Gasteiger partial charge in [0.1, 0.15) is 5.82 Å². The Kier molecular flexibility index (Phi) is 5.22. The van der Waals surface area contributed by atoms with Crippen LogP contribution in [0.2, 0.25) is 0 Å². The fraction of sp³-hybridized carbons (Fsp3) is 0.583. The van der Waals surface area contributed by atoms with E-state index in [1.165, 1.54) is 0 Å². The van der Waals surface area contributed by atoms with E-state index in [2.05, 4.69) is 40.1 Å². The molecule has 0 aliphatic carbocycles. The molecule has 0 aliphatic rings. The minimum atomic E-state index is -0.315. The highest BCUT2D eigenvalue weighted by Gasteiger charge is 2.07. The SMILES string of the molecule is Cc1cc(Br)cnc1NCC(O)CC(C)C. The van der Waals surface area contributed by atoms with Crippen LogP contribution < -0.4 is 5.32 Å². The molecule has 0 saturated heterocycles. The Morgan fingerprint density at radius 3 is 2.75 bits per heavy atom. The molecule has 90 valence electrons. The van der Waals surface area contributed by atoms with Gasteiger partial charge in [-0.1, -0.05) is 13.8 Å². The Hall–Kier alpha value is -0.610. The van der Waals surface area contributed by atoms with Crippen LogP contribution in [0.5, 0.6) is 0 Å². The summed E-state index contributed by atoms with van der Waals surface area (Å²) in [5, 5.41) is 12.9. The van der Waals surface area contributed by atoms with Crippen LogP contribution >= 0.6 is 15.9 Å². The summed E-state index contributed by atoms with van der Waals surface area (Å²) < 4.78 is 0.971. The molecule has 4 heteroatoms. The van der Waals surface area contributed by atoms with Gasteiger partial charge in [0, 0.05) is 17.2 Å². The minimum absolute atomic E-state index is 0.315. The first-order valence-electron chi connectivity index (χ1n) is 5.53. The zero-order valence-corrected chi connectivity index (χ0v) is 11.6. The fourth-order valence-electron chi connectivity index (χ4n) is 1.57. The summed E-state index contributed by atoms with van der Waals surface area (Å²) >= 11 is 3.37. The summed E-state index contributed by atoms with van der Waals surface area (Å²) in [5.74, 6) is 1.35.